The van der Waals surface area contributed by atoms with E-state index in [4.69, 9.17) is 0 Å². The van der Waals surface area contributed by atoms with Gasteiger partial charge >= 0.3 is 0 Å². The monoisotopic (exact) mass is 224 g/mol. The fourth-order valence-electron chi connectivity index (χ4n) is 1.17. The van der Waals surface area contributed by atoms with Crippen molar-refractivity contribution >= 4 is 17.4 Å². The van der Waals surface area contributed by atoms with Crippen molar-refractivity contribution in [2.75, 3.05) is 0 Å². The molecule has 0 amide bonds. The van der Waals surface area contributed by atoms with Gasteiger partial charge in [0.1, 0.15) is 5.66 Å². The minimum atomic E-state index is -0.312. The minimum absolute atomic E-state index is 0.312. The topological polar surface area (TPSA) is 64.4 Å². The predicted molar refractivity (Wildman–Crippen MR) is 67.2 cm³/mol. The molecule has 0 spiro atoms. The van der Waals surface area contributed by atoms with Crippen LogP contribution in [-0.2, 0) is 0 Å². The van der Waals surface area contributed by atoms with Gasteiger partial charge < -0.3 is 0 Å². The van der Waals surface area contributed by atoms with Crippen LogP contribution in [0.15, 0.2) is 15.3 Å². The van der Waals surface area contributed by atoms with E-state index in [1.165, 1.54) is 0 Å². The highest BCUT2D eigenvalue weighted by Crippen LogP contribution is 2.16. The van der Waals surface area contributed by atoms with Crippen LogP contribution in [0.25, 0.3) is 0 Å². The Bertz CT molecular complexity index is 344. The molecule has 0 atom stereocenters. The number of nitrogens with zero attached hydrogens (tertiary/aromatic N) is 4. The molecule has 0 aromatic carbocycles. The molecule has 1 rings (SSSR count). The highest BCUT2D eigenvalue weighted by molar-refractivity contribution is 5.86. The molecule has 16 heavy (non-hydrogen) atoms. The first-order chi connectivity index (χ1) is 7.33. The van der Waals surface area contributed by atoms with E-state index in [-0.39, 0.29) is 5.66 Å². The van der Waals surface area contributed by atoms with E-state index in [1.54, 1.807) is 5.01 Å². The van der Waals surface area contributed by atoms with Gasteiger partial charge in [-0.1, -0.05) is 0 Å². The van der Waals surface area contributed by atoms with Gasteiger partial charge in [0.15, 0.2) is 0 Å². The predicted octanol–water partition coefficient (Wildman–Crippen LogP) is 1.28. The van der Waals surface area contributed by atoms with Crippen molar-refractivity contribution in [3.05, 3.63) is 0 Å². The summed E-state index contributed by atoms with van der Waals surface area (Å²) in [6.07, 6.45) is 0. The van der Waals surface area contributed by atoms with Crippen LogP contribution in [0.3, 0.4) is 0 Å². The van der Waals surface area contributed by atoms with E-state index in [0.717, 1.165) is 11.4 Å². The van der Waals surface area contributed by atoms with Crippen molar-refractivity contribution in [3.8, 4) is 0 Å². The Labute approximate surface area is 96.5 Å². The number of hydrazine groups is 1. The lowest BCUT2D eigenvalue weighted by molar-refractivity contribution is 0.211. The molecule has 0 aromatic rings. The van der Waals surface area contributed by atoms with Crippen LogP contribution in [0.4, 0.5) is 0 Å². The van der Waals surface area contributed by atoms with Crippen LogP contribution in [0.5, 0.6) is 0 Å². The van der Waals surface area contributed by atoms with Gasteiger partial charge in [0.05, 0.1) is 0 Å². The first-order valence-electron chi connectivity index (χ1n) is 5.27. The summed E-state index contributed by atoms with van der Waals surface area (Å²) in [5, 5.41) is 14.3. The average molecular weight is 224 g/mol. The molecular formula is C10H20N6. The third kappa shape index (κ3) is 3.03. The van der Waals surface area contributed by atoms with Crippen LogP contribution in [0.2, 0.25) is 0 Å². The Morgan fingerprint density at radius 1 is 1.12 bits per heavy atom. The quantitative estimate of drug-likeness (QED) is 0.548. The molecule has 1 fully saturated rings. The van der Waals surface area contributed by atoms with Gasteiger partial charge in [-0.15, -0.1) is 5.10 Å². The van der Waals surface area contributed by atoms with Crippen LogP contribution in [0, 0.1) is 0 Å². The van der Waals surface area contributed by atoms with Gasteiger partial charge in [0, 0.05) is 11.4 Å². The molecule has 6 nitrogen and oxygen atoms in total. The van der Waals surface area contributed by atoms with Gasteiger partial charge in [0.25, 0.3) is 5.96 Å². The molecule has 6 heteroatoms. The van der Waals surface area contributed by atoms with Crippen LogP contribution in [-0.4, -0.2) is 28.1 Å². The molecule has 2 N–H and O–H groups in total. The summed E-state index contributed by atoms with van der Waals surface area (Å²) in [6.45, 7) is 11.7. The lowest BCUT2D eigenvalue weighted by atomic mass is 10.3. The second-order valence-corrected chi connectivity index (χ2v) is 4.64. The molecule has 0 unspecified atom stereocenters. The Balaban J connectivity index is 2.99. The highest BCUT2D eigenvalue weighted by Gasteiger charge is 2.36. The van der Waals surface area contributed by atoms with Gasteiger partial charge in [0.2, 0.25) is 0 Å². The zero-order chi connectivity index (χ0) is 12.3. The maximum absolute atomic E-state index is 4.41. The van der Waals surface area contributed by atoms with Crippen LogP contribution in [0.1, 0.15) is 41.5 Å². The summed E-state index contributed by atoms with van der Waals surface area (Å²) >= 11 is 0. The molecule has 1 aliphatic heterocycles. The third-order valence-corrected chi connectivity index (χ3v) is 1.86. The summed E-state index contributed by atoms with van der Waals surface area (Å²) in [7, 11) is 0. The van der Waals surface area contributed by atoms with Crippen molar-refractivity contribution in [3.63, 3.8) is 0 Å². The van der Waals surface area contributed by atoms with Crippen molar-refractivity contribution in [1.29, 1.82) is 0 Å². The normalized spacial score (nSPS) is 20.6. The van der Waals surface area contributed by atoms with Gasteiger partial charge in [-0.05, 0) is 41.5 Å². The standard InChI is InChI=1S/C10H20N6/c1-7(2)11-12-9-13-15-10(5,6)16(9)14-8(3)4/h15H,1-6H3,(H,12,13). The molecule has 1 aliphatic rings. The van der Waals surface area contributed by atoms with Crippen molar-refractivity contribution < 1.29 is 0 Å². The Hall–Kier alpha value is -1.43. The van der Waals surface area contributed by atoms with Crippen molar-refractivity contribution in [2.24, 2.45) is 15.3 Å². The average Bonchev–Trinajstić information content (AvgIpc) is 2.39. The van der Waals surface area contributed by atoms with Gasteiger partial charge in [-0.2, -0.15) is 10.2 Å². The fourth-order valence-corrected chi connectivity index (χ4v) is 1.17. The van der Waals surface area contributed by atoms with Crippen molar-refractivity contribution in [1.82, 2.24) is 15.9 Å². The number of hydrogen-bond acceptors (Lipinski definition) is 4. The Kier molecular flexibility index (Phi) is 3.64. The van der Waals surface area contributed by atoms with E-state index in [9.17, 15) is 0 Å². The number of hydrogen-bond donors (Lipinski definition) is 2. The summed E-state index contributed by atoms with van der Waals surface area (Å²) in [6, 6.07) is 0. The summed E-state index contributed by atoms with van der Waals surface area (Å²) in [5.74, 6) is 0.604. The number of guanidine groups is 1. The number of rotatable bonds is 2. The van der Waals surface area contributed by atoms with E-state index < -0.39 is 0 Å². The second-order valence-electron chi connectivity index (χ2n) is 4.64. The lowest BCUT2D eigenvalue weighted by Gasteiger charge is -2.25. The van der Waals surface area contributed by atoms with Gasteiger partial charge in [-0.25, -0.2) is 10.4 Å². The molecule has 0 aromatic heterocycles. The SMILES string of the molecule is CC(C)=N/N=C1\NNC(C)(C)N1N=C(C)C. The van der Waals surface area contributed by atoms with Crippen molar-refractivity contribution in [2.45, 2.75) is 47.2 Å². The second kappa shape index (κ2) is 4.61. The molecule has 1 saturated heterocycles. The molecule has 0 bridgehead atoms. The zero-order valence-electron chi connectivity index (χ0n) is 10.8. The minimum Gasteiger partial charge on any atom is -0.286 e. The van der Waals surface area contributed by atoms with Crippen LogP contribution < -0.4 is 10.9 Å². The maximum atomic E-state index is 4.41. The van der Waals surface area contributed by atoms with E-state index in [2.05, 4.69) is 26.2 Å². The van der Waals surface area contributed by atoms with E-state index in [1.807, 2.05) is 41.5 Å². The van der Waals surface area contributed by atoms with E-state index in [0.29, 0.717) is 5.96 Å². The van der Waals surface area contributed by atoms with Gasteiger partial charge in [-0.3, -0.25) is 5.43 Å². The third-order valence-electron chi connectivity index (χ3n) is 1.86. The molecule has 0 radical (unpaired) electrons. The smallest absolute Gasteiger partial charge is 0.255 e. The first kappa shape index (κ1) is 12.6. The summed E-state index contributed by atoms with van der Waals surface area (Å²) in [4.78, 5) is 0. The molecule has 90 valence electrons. The summed E-state index contributed by atoms with van der Waals surface area (Å²) in [5.41, 5.74) is 7.61. The zero-order valence-corrected chi connectivity index (χ0v) is 10.8. The largest absolute Gasteiger partial charge is 0.286 e. The maximum Gasteiger partial charge on any atom is 0.255 e. The fraction of sp³-hybridized carbons (Fsp3) is 0.700. The number of nitrogens with one attached hydrogen (secondary N) is 2. The molecule has 0 saturated carbocycles. The lowest BCUT2D eigenvalue weighted by Crippen LogP contribution is -2.45. The highest BCUT2D eigenvalue weighted by atomic mass is 15.7. The van der Waals surface area contributed by atoms with E-state index >= 15 is 0 Å². The Morgan fingerprint density at radius 2 is 1.75 bits per heavy atom. The Morgan fingerprint density at radius 3 is 2.25 bits per heavy atom. The first-order valence-corrected chi connectivity index (χ1v) is 5.27. The molecule has 0 aliphatic carbocycles. The summed E-state index contributed by atoms with van der Waals surface area (Å²) < 4.78 is 0. The van der Waals surface area contributed by atoms with Crippen LogP contribution >= 0.6 is 0 Å². The molecule has 1 heterocycles. The molecular weight excluding hydrogens is 204 g/mol. The number of hydrazone groups is 1.